The Bertz CT molecular complexity index is 669. The molecule has 2 fully saturated rings. The number of aryl methyl sites for hydroxylation is 1. The molecule has 23 heavy (non-hydrogen) atoms. The molecule has 3 N–H and O–H groups in total. The van der Waals surface area contributed by atoms with Crippen molar-refractivity contribution in [2.75, 3.05) is 0 Å². The third-order valence-electron chi connectivity index (χ3n) is 5.33. The number of rotatable bonds is 3. The van der Waals surface area contributed by atoms with E-state index < -0.39 is 17.8 Å². The highest BCUT2D eigenvalue weighted by atomic mass is 32.1. The number of hydrazine groups is 1. The smallest absolute Gasteiger partial charge is 0.307 e. The number of thiophene rings is 1. The largest absolute Gasteiger partial charge is 0.481 e. The second-order valence-electron chi connectivity index (χ2n) is 6.50. The first-order valence-corrected chi connectivity index (χ1v) is 8.65. The normalized spacial score (nSPS) is 28.6. The van der Waals surface area contributed by atoms with E-state index in [1.807, 2.05) is 13.8 Å². The molecule has 1 heterocycles. The monoisotopic (exact) mass is 336 g/mol. The molecule has 0 aromatic carbocycles. The van der Waals surface area contributed by atoms with E-state index in [0.29, 0.717) is 5.56 Å². The van der Waals surface area contributed by atoms with Crippen LogP contribution in [0.5, 0.6) is 0 Å². The lowest BCUT2D eigenvalue weighted by molar-refractivity contribution is -0.149. The van der Waals surface area contributed by atoms with Crippen molar-refractivity contribution >= 4 is 29.1 Å². The molecule has 7 heteroatoms. The standard InChI is InChI=1S/C16H20N2O4S/c1-7-8(2)23-6-11(7)14(19)17-18-15(20)12-9-3-4-10(5-9)13(12)16(21)22/h6,9-10,12-13H,3-5H2,1-2H3,(H,17,19)(H,18,20)(H,21,22)/t9-,10-,12+,13+/m0/s1. The molecule has 2 saturated carbocycles. The maximum atomic E-state index is 12.4. The minimum atomic E-state index is -0.909. The summed E-state index contributed by atoms with van der Waals surface area (Å²) in [4.78, 5) is 37.0. The first kappa shape index (κ1) is 16.0. The molecule has 2 amide bonds. The van der Waals surface area contributed by atoms with Gasteiger partial charge in [0.15, 0.2) is 0 Å². The molecule has 1 aromatic rings. The van der Waals surface area contributed by atoms with Gasteiger partial charge < -0.3 is 5.11 Å². The summed E-state index contributed by atoms with van der Waals surface area (Å²) >= 11 is 1.48. The van der Waals surface area contributed by atoms with Crippen molar-refractivity contribution in [3.8, 4) is 0 Å². The van der Waals surface area contributed by atoms with Crippen LogP contribution in [0.15, 0.2) is 5.38 Å². The lowest BCUT2D eigenvalue weighted by Gasteiger charge is -2.26. The summed E-state index contributed by atoms with van der Waals surface area (Å²) in [6.07, 6.45) is 2.57. The Morgan fingerprint density at radius 1 is 1.13 bits per heavy atom. The zero-order valence-electron chi connectivity index (χ0n) is 13.1. The highest BCUT2D eigenvalue weighted by Gasteiger charge is 2.54. The maximum absolute atomic E-state index is 12.4. The van der Waals surface area contributed by atoms with Gasteiger partial charge in [-0.05, 0) is 50.5 Å². The maximum Gasteiger partial charge on any atom is 0.307 e. The number of carbonyl (C=O) groups excluding carboxylic acids is 2. The SMILES string of the molecule is Cc1scc(C(=O)NNC(=O)[C@@H]2[C@H]3CC[C@@H](C3)[C@H]2C(=O)O)c1C. The van der Waals surface area contributed by atoms with Crippen molar-refractivity contribution in [2.45, 2.75) is 33.1 Å². The van der Waals surface area contributed by atoms with Gasteiger partial charge in [-0.3, -0.25) is 25.2 Å². The van der Waals surface area contributed by atoms with Gasteiger partial charge in [-0.15, -0.1) is 11.3 Å². The Balaban J connectivity index is 1.64. The summed E-state index contributed by atoms with van der Waals surface area (Å²) in [5, 5.41) is 11.1. The van der Waals surface area contributed by atoms with Crippen LogP contribution in [0.3, 0.4) is 0 Å². The number of hydrogen-bond acceptors (Lipinski definition) is 4. The van der Waals surface area contributed by atoms with Crippen LogP contribution < -0.4 is 10.9 Å². The zero-order valence-corrected chi connectivity index (χ0v) is 13.9. The number of hydrogen-bond donors (Lipinski definition) is 3. The van der Waals surface area contributed by atoms with Crippen LogP contribution in [-0.4, -0.2) is 22.9 Å². The molecule has 4 atom stereocenters. The fraction of sp³-hybridized carbons (Fsp3) is 0.562. The molecule has 0 radical (unpaired) electrons. The zero-order chi connectivity index (χ0) is 16.7. The second kappa shape index (κ2) is 5.96. The van der Waals surface area contributed by atoms with Gasteiger partial charge >= 0.3 is 5.97 Å². The van der Waals surface area contributed by atoms with Crippen LogP contribution in [0.2, 0.25) is 0 Å². The Kier molecular flexibility index (Phi) is 4.14. The van der Waals surface area contributed by atoms with E-state index in [0.717, 1.165) is 29.7 Å². The number of aliphatic carboxylic acids is 1. The van der Waals surface area contributed by atoms with Gasteiger partial charge in [0.05, 0.1) is 17.4 Å². The summed E-state index contributed by atoms with van der Waals surface area (Å²) in [5.41, 5.74) is 6.29. The van der Waals surface area contributed by atoms with E-state index >= 15 is 0 Å². The summed E-state index contributed by atoms with van der Waals surface area (Å²) in [6, 6.07) is 0. The quantitative estimate of drug-likeness (QED) is 0.734. The van der Waals surface area contributed by atoms with E-state index in [2.05, 4.69) is 10.9 Å². The van der Waals surface area contributed by atoms with Gasteiger partial charge in [-0.2, -0.15) is 0 Å². The fourth-order valence-electron chi connectivity index (χ4n) is 4.03. The fourth-order valence-corrected chi connectivity index (χ4v) is 4.90. The van der Waals surface area contributed by atoms with Crippen LogP contribution in [0.25, 0.3) is 0 Å². The molecule has 2 aliphatic rings. The number of carboxylic acids is 1. The Hall–Kier alpha value is -1.89. The number of nitrogens with one attached hydrogen (secondary N) is 2. The van der Waals surface area contributed by atoms with Crippen LogP contribution in [0, 0.1) is 37.5 Å². The van der Waals surface area contributed by atoms with Crippen molar-refractivity contribution in [2.24, 2.45) is 23.7 Å². The van der Waals surface area contributed by atoms with E-state index in [1.165, 1.54) is 11.3 Å². The first-order chi connectivity index (χ1) is 10.9. The van der Waals surface area contributed by atoms with Crippen molar-refractivity contribution in [1.82, 2.24) is 10.9 Å². The molecule has 2 bridgehead atoms. The molecule has 124 valence electrons. The minimum Gasteiger partial charge on any atom is -0.481 e. The molecule has 0 saturated heterocycles. The molecule has 0 unspecified atom stereocenters. The molecule has 2 aliphatic carbocycles. The van der Waals surface area contributed by atoms with Crippen LogP contribution in [-0.2, 0) is 9.59 Å². The van der Waals surface area contributed by atoms with Crippen molar-refractivity contribution < 1.29 is 19.5 Å². The van der Waals surface area contributed by atoms with Gasteiger partial charge in [-0.1, -0.05) is 0 Å². The van der Waals surface area contributed by atoms with Crippen molar-refractivity contribution in [3.05, 3.63) is 21.4 Å². The van der Waals surface area contributed by atoms with Gasteiger partial charge in [0.1, 0.15) is 0 Å². The van der Waals surface area contributed by atoms with E-state index in [1.54, 1.807) is 5.38 Å². The number of carbonyl (C=O) groups is 3. The first-order valence-electron chi connectivity index (χ1n) is 7.77. The number of fused-ring (bicyclic) bond motifs is 2. The molecular weight excluding hydrogens is 316 g/mol. The van der Waals surface area contributed by atoms with Crippen molar-refractivity contribution in [3.63, 3.8) is 0 Å². The average molecular weight is 336 g/mol. The third kappa shape index (κ3) is 2.73. The Morgan fingerprint density at radius 3 is 2.35 bits per heavy atom. The summed E-state index contributed by atoms with van der Waals surface area (Å²) in [5.74, 6) is -2.63. The third-order valence-corrected chi connectivity index (χ3v) is 6.35. The average Bonchev–Trinajstić information content (AvgIpc) is 3.20. The lowest BCUT2D eigenvalue weighted by atomic mass is 9.79. The van der Waals surface area contributed by atoms with Crippen molar-refractivity contribution in [1.29, 1.82) is 0 Å². The highest BCUT2D eigenvalue weighted by molar-refractivity contribution is 7.10. The van der Waals surface area contributed by atoms with Crippen LogP contribution in [0.4, 0.5) is 0 Å². The predicted octanol–water partition coefficient (Wildman–Crippen LogP) is 1.87. The Labute approximate surface area is 138 Å². The second-order valence-corrected chi connectivity index (χ2v) is 7.58. The molecular formula is C16H20N2O4S. The molecule has 6 nitrogen and oxygen atoms in total. The minimum absolute atomic E-state index is 0.0886. The topological polar surface area (TPSA) is 95.5 Å². The van der Waals surface area contributed by atoms with Crippen LogP contribution in [0.1, 0.15) is 40.1 Å². The van der Waals surface area contributed by atoms with Gasteiger partial charge in [0.25, 0.3) is 5.91 Å². The lowest BCUT2D eigenvalue weighted by Crippen LogP contribution is -2.48. The summed E-state index contributed by atoms with van der Waals surface area (Å²) in [7, 11) is 0. The van der Waals surface area contributed by atoms with Gasteiger partial charge in [0.2, 0.25) is 5.91 Å². The molecule has 0 spiro atoms. The molecule has 3 rings (SSSR count). The predicted molar refractivity (Wildman–Crippen MR) is 84.8 cm³/mol. The summed E-state index contributed by atoms with van der Waals surface area (Å²) < 4.78 is 0. The highest BCUT2D eigenvalue weighted by Crippen LogP contribution is 2.52. The number of carboxylic acid groups (broad SMARTS) is 1. The van der Waals surface area contributed by atoms with Gasteiger partial charge in [0, 0.05) is 10.3 Å². The Morgan fingerprint density at radius 2 is 1.78 bits per heavy atom. The molecule has 0 aliphatic heterocycles. The van der Waals surface area contributed by atoms with Crippen LogP contribution >= 0.6 is 11.3 Å². The van der Waals surface area contributed by atoms with E-state index in [4.69, 9.17) is 0 Å². The molecule has 1 aromatic heterocycles. The van der Waals surface area contributed by atoms with E-state index in [9.17, 15) is 19.5 Å². The summed E-state index contributed by atoms with van der Waals surface area (Å²) in [6.45, 7) is 3.79. The van der Waals surface area contributed by atoms with E-state index in [-0.39, 0.29) is 23.7 Å². The number of amides is 2. The van der Waals surface area contributed by atoms with Gasteiger partial charge in [-0.25, -0.2) is 0 Å².